The second-order valence-corrected chi connectivity index (χ2v) is 3.17. The molecule has 2 heterocycles. The number of hydrogen-bond acceptors (Lipinski definition) is 3. The van der Waals surface area contributed by atoms with E-state index < -0.39 is 0 Å². The number of nitrogens with zero attached hydrogens (tertiary/aromatic N) is 4. The van der Waals surface area contributed by atoms with E-state index in [4.69, 9.17) is 0 Å². The molecule has 0 aliphatic rings. The van der Waals surface area contributed by atoms with Crippen LogP contribution in [0.25, 0.3) is 11.2 Å². The maximum absolute atomic E-state index is 4.22. The zero-order valence-corrected chi connectivity index (χ0v) is 8.11. The average Bonchev–Trinajstić information content (AvgIpc) is 2.46. The molecule has 62 valence electrons. The van der Waals surface area contributed by atoms with Crippen LogP contribution in [0.2, 0.25) is 0 Å². The van der Waals surface area contributed by atoms with Crippen molar-refractivity contribution in [3.05, 3.63) is 17.0 Å². The summed E-state index contributed by atoms with van der Waals surface area (Å²) in [6.07, 6.45) is 3.40. The number of aromatic nitrogens is 4. The van der Waals surface area contributed by atoms with Crippen molar-refractivity contribution in [1.82, 2.24) is 19.7 Å². The average molecular weight is 227 g/mol. The summed E-state index contributed by atoms with van der Waals surface area (Å²) in [4.78, 5) is 8.42. The van der Waals surface area contributed by atoms with Crippen molar-refractivity contribution >= 4 is 27.1 Å². The standard InChI is InChI=1S/C7H7BrN4/c1-2-12-7-5(3-10-12)11-6(8)4-9-7/h3-4H,2H2,1H3. The van der Waals surface area contributed by atoms with Gasteiger partial charge in [-0.1, -0.05) is 0 Å². The zero-order chi connectivity index (χ0) is 8.55. The maximum atomic E-state index is 4.22. The normalized spacial score (nSPS) is 10.8. The van der Waals surface area contributed by atoms with E-state index in [2.05, 4.69) is 31.0 Å². The highest BCUT2D eigenvalue weighted by Gasteiger charge is 2.02. The van der Waals surface area contributed by atoms with Gasteiger partial charge in [-0.3, -0.25) is 0 Å². The van der Waals surface area contributed by atoms with Crippen molar-refractivity contribution in [2.75, 3.05) is 0 Å². The smallest absolute Gasteiger partial charge is 0.176 e. The predicted molar refractivity (Wildman–Crippen MR) is 48.7 cm³/mol. The summed E-state index contributed by atoms with van der Waals surface area (Å²) >= 11 is 3.25. The molecule has 0 aliphatic heterocycles. The van der Waals surface area contributed by atoms with E-state index >= 15 is 0 Å². The fraction of sp³-hybridized carbons (Fsp3) is 0.286. The third kappa shape index (κ3) is 1.10. The van der Waals surface area contributed by atoms with Crippen LogP contribution in [-0.4, -0.2) is 19.7 Å². The van der Waals surface area contributed by atoms with Crippen LogP contribution in [0.3, 0.4) is 0 Å². The molecule has 0 saturated heterocycles. The second kappa shape index (κ2) is 2.82. The van der Waals surface area contributed by atoms with Crippen LogP contribution in [-0.2, 0) is 6.54 Å². The minimum absolute atomic E-state index is 0.741. The summed E-state index contributed by atoms with van der Waals surface area (Å²) in [6.45, 7) is 2.84. The van der Waals surface area contributed by atoms with E-state index in [1.807, 2.05) is 11.6 Å². The first-order valence-electron chi connectivity index (χ1n) is 3.65. The Morgan fingerprint density at radius 3 is 3.08 bits per heavy atom. The summed E-state index contributed by atoms with van der Waals surface area (Å²) in [5.41, 5.74) is 1.66. The van der Waals surface area contributed by atoms with Crippen LogP contribution in [0.5, 0.6) is 0 Å². The molecular weight excluding hydrogens is 220 g/mol. The highest BCUT2D eigenvalue weighted by molar-refractivity contribution is 9.10. The van der Waals surface area contributed by atoms with E-state index in [-0.39, 0.29) is 0 Å². The summed E-state index contributed by atoms with van der Waals surface area (Å²) < 4.78 is 2.56. The molecule has 2 aromatic rings. The molecular formula is C7H7BrN4. The van der Waals surface area contributed by atoms with Crippen molar-refractivity contribution in [3.8, 4) is 0 Å². The SMILES string of the molecule is CCn1ncc2nc(Br)cnc21. The van der Waals surface area contributed by atoms with Crippen LogP contribution in [0.4, 0.5) is 0 Å². The third-order valence-corrected chi connectivity index (χ3v) is 2.00. The molecule has 0 spiro atoms. The lowest BCUT2D eigenvalue weighted by Gasteiger charge is -1.95. The molecule has 2 rings (SSSR count). The van der Waals surface area contributed by atoms with E-state index in [9.17, 15) is 0 Å². The van der Waals surface area contributed by atoms with Gasteiger partial charge in [-0.2, -0.15) is 5.10 Å². The molecule has 4 nitrogen and oxygen atoms in total. The molecule has 0 aliphatic carbocycles. The minimum atomic E-state index is 0.741. The summed E-state index contributed by atoms with van der Waals surface area (Å²) in [6, 6.07) is 0. The molecule has 0 radical (unpaired) electrons. The van der Waals surface area contributed by atoms with Gasteiger partial charge in [0.2, 0.25) is 0 Å². The molecule has 2 aromatic heterocycles. The number of fused-ring (bicyclic) bond motifs is 1. The van der Waals surface area contributed by atoms with Crippen LogP contribution in [0.15, 0.2) is 17.0 Å². The summed E-state index contributed by atoms with van der Waals surface area (Å²) in [5, 5.41) is 4.13. The lowest BCUT2D eigenvalue weighted by molar-refractivity contribution is 0.676. The van der Waals surface area contributed by atoms with E-state index in [0.29, 0.717) is 0 Å². The molecule has 0 fully saturated rings. The van der Waals surface area contributed by atoms with Gasteiger partial charge in [0.25, 0.3) is 0 Å². The lowest BCUT2D eigenvalue weighted by atomic mass is 10.5. The van der Waals surface area contributed by atoms with Gasteiger partial charge in [-0.05, 0) is 22.9 Å². The summed E-state index contributed by atoms with van der Waals surface area (Å²) in [5.74, 6) is 0. The molecule has 0 aromatic carbocycles. The zero-order valence-electron chi connectivity index (χ0n) is 6.53. The monoisotopic (exact) mass is 226 g/mol. The molecule has 0 bridgehead atoms. The van der Waals surface area contributed by atoms with Crippen LogP contribution in [0, 0.1) is 0 Å². The minimum Gasteiger partial charge on any atom is -0.246 e. The Morgan fingerprint density at radius 1 is 1.50 bits per heavy atom. The van der Waals surface area contributed by atoms with E-state index in [1.165, 1.54) is 0 Å². The van der Waals surface area contributed by atoms with Gasteiger partial charge in [-0.15, -0.1) is 0 Å². The van der Waals surface area contributed by atoms with Crippen molar-refractivity contribution < 1.29 is 0 Å². The Labute approximate surface area is 77.8 Å². The van der Waals surface area contributed by atoms with Gasteiger partial charge < -0.3 is 0 Å². The first-order chi connectivity index (χ1) is 5.81. The molecule has 0 atom stereocenters. The van der Waals surface area contributed by atoms with Gasteiger partial charge in [0.1, 0.15) is 10.1 Å². The van der Waals surface area contributed by atoms with E-state index in [1.54, 1.807) is 12.4 Å². The van der Waals surface area contributed by atoms with Gasteiger partial charge in [0.05, 0.1) is 12.4 Å². The Morgan fingerprint density at radius 2 is 2.33 bits per heavy atom. The number of aryl methyl sites for hydroxylation is 1. The first-order valence-corrected chi connectivity index (χ1v) is 4.44. The largest absolute Gasteiger partial charge is 0.246 e. The van der Waals surface area contributed by atoms with Crippen molar-refractivity contribution in [3.63, 3.8) is 0 Å². The number of halogens is 1. The topological polar surface area (TPSA) is 43.6 Å². The Hall–Kier alpha value is -0.970. The highest BCUT2D eigenvalue weighted by Crippen LogP contribution is 2.11. The Kier molecular flexibility index (Phi) is 1.80. The second-order valence-electron chi connectivity index (χ2n) is 2.36. The molecule has 0 N–H and O–H groups in total. The van der Waals surface area contributed by atoms with Crippen LogP contribution < -0.4 is 0 Å². The lowest BCUT2D eigenvalue weighted by Crippen LogP contribution is -1.97. The fourth-order valence-corrected chi connectivity index (χ4v) is 1.36. The first kappa shape index (κ1) is 7.67. The van der Waals surface area contributed by atoms with Crippen molar-refractivity contribution in [2.24, 2.45) is 0 Å². The van der Waals surface area contributed by atoms with Crippen molar-refractivity contribution in [2.45, 2.75) is 13.5 Å². The molecule has 0 saturated carbocycles. The van der Waals surface area contributed by atoms with Crippen molar-refractivity contribution in [1.29, 1.82) is 0 Å². The maximum Gasteiger partial charge on any atom is 0.176 e. The molecule has 0 unspecified atom stereocenters. The third-order valence-electron chi connectivity index (χ3n) is 1.61. The Balaban J connectivity index is 2.73. The number of hydrogen-bond donors (Lipinski definition) is 0. The highest BCUT2D eigenvalue weighted by atomic mass is 79.9. The molecule has 5 heteroatoms. The predicted octanol–water partition coefficient (Wildman–Crippen LogP) is 1.61. The molecule has 12 heavy (non-hydrogen) atoms. The van der Waals surface area contributed by atoms with Crippen LogP contribution in [0.1, 0.15) is 6.92 Å². The quantitative estimate of drug-likeness (QED) is 0.743. The summed E-state index contributed by atoms with van der Waals surface area (Å²) in [7, 11) is 0. The molecule has 0 amide bonds. The van der Waals surface area contributed by atoms with Gasteiger partial charge >= 0.3 is 0 Å². The Bertz CT molecular complexity index is 409. The van der Waals surface area contributed by atoms with E-state index in [0.717, 1.165) is 22.3 Å². The van der Waals surface area contributed by atoms with Gasteiger partial charge in [0.15, 0.2) is 5.65 Å². The van der Waals surface area contributed by atoms with Gasteiger partial charge in [-0.25, -0.2) is 14.6 Å². The number of rotatable bonds is 1. The van der Waals surface area contributed by atoms with Gasteiger partial charge in [0, 0.05) is 6.54 Å². The fourth-order valence-electron chi connectivity index (χ4n) is 1.07. The van der Waals surface area contributed by atoms with Crippen LogP contribution >= 0.6 is 15.9 Å².